The Balaban J connectivity index is 4.13. The lowest BCUT2D eigenvalue weighted by molar-refractivity contribution is -0.137. The Labute approximate surface area is 209 Å². The lowest BCUT2D eigenvalue weighted by Crippen LogP contribution is -2.27. The molecule has 6 atom stereocenters. The molecule has 0 saturated carbocycles. The van der Waals surface area contributed by atoms with Crippen molar-refractivity contribution in [1.29, 1.82) is 0 Å². The smallest absolute Gasteiger partial charge is 0.303 e. The number of halogens is 6. The van der Waals surface area contributed by atoms with E-state index in [2.05, 4.69) is 103 Å². The van der Waals surface area contributed by atoms with Gasteiger partial charge < -0.3 is 5.11 Å². The number of carbonyl (C=O) groups is 1. The van der Waals surface area contributed by atoms with Gasteiger partial charge in [-0.15, -0.1) is 0 Å². The summed E-state index contributed by atoms with van der Waals surface area (Å²) in [5.41, 5.74) is 0. The zero-order valence-electron chi connectivity index (χ0n) is 15.2. The molecule has 1 N–H and O–H groups in total. The van der Waals surface area contributed by atoms with E-state index >= 15 is 0 Å². The molecule has 0 aromatic carbocycles. The van der Waals surface area contributed by atoms with Crippen molar-refractivity contribution in [3.63, 3.8) is 0 Å². The summed E-state index contributed by atoms with van der Waals surface area (Å²) in [5, 5.41) is 8.70. The zero-order chi connectivity index (χ0) is 20.1. The number of carboxylic acid groups (broad SMARTS) is 1. The minimum atomic E-state index is -0.710. The van der Waals surface area contributed by atoms with Gasteiger partial charge in [0, 0.05) is 35.4 Å². The van der Waals surface area contributed by atoms with Gasteiger partial charge in [0.25, 0.3) is 0 Å². The summed E-state index contributed by atoms with van der Waals surface area (Å²) < 4.78 is 0. The second-order valence-corrected chi connectivity index (χ2v) is 13.8. The molecule has 0 bridgehead atoms. The minimum Gasteiger partial charge on any atom is -0.481 e. The van der Waals surface area contributed by atoms with Crippen molar-refractivity contribution in [3.05, 3.63) is 0 Å². The number of unbranched alkanes of at least 4 members (excludes halogenated alkanes) is 3. The summed E-state index contributed by atoms with van der Waals surface area (Å²) in [6.45, 7) is 2.23. The largest absolute Gasteiger partial charge is 0.481 e. The van der Waals surface area contributed by atoms with E-state index < -0.39 is 5.97 Å². The average molecular weight is 758 g/mol. The van der Waals surface area contributed by atoms with E-state index in [4.69, 9.17) is 5.11 Å². The predicted octanol–water partition coefficient (Wildman–Crippen LogP) is 8.57. The van der Waals surface area contributed by atoms with Crippen LogP contribution in [0.2, 0.25) is 0 Å². The molecule has 0 aliphatic carbocycles. The van der Waals surface area contributed by atoms with Crippen molar-refractivity contribution in [2.75, 3.05) is 0 Å². The third-order valence-electron chi connectivity index (χ3n) is 4.28. The summed E-state index contributed by atoms with van der Waals surface area (Å²) in [4.78, 5) is 13.0. The molecule has 0 fully saturated rings. The maximum atomic E-state index is 10.6. The van der Waals surface area contributed by atoms with Crippen LogP contribution >= 0.6 is 95.6 Å². The van der Waals surface area contributed by atoms with Gasteiger partial charge in [-0.3, -0.25) is 4.79 Å². The molecule has 0 saturated heterocycles. The van der Waals surface area contributed by atoms with Crippen LogP contribution in [0.5, 0.6) is 0 Å². The third-order valence-corrected chi connectivity index (χ3v) is 12.7. The summed E-state index contributed by atoms with van der Waals surface area (Å²) in [7, 11) is 0. The number of carboxylic acids is 1. The standard InChI is InChI=1S/C18H30Br6O2/c1-2-3-4-7-12(19)14(21)10-16(23)17(24)11-15(22)13(20)8-5-6-9-18(25)26/h12-17H,2-11H2,1H3,(H,25,26)/t12-,13+,14+,15-,16-,17+/m0/s1. The van der Waals surface area contributed by atoms with E-state index in [-0.39, 0.29) is 6.42 Å². The minimum absolute atomic E-state index is 0.260. The lowest BCUT2D eigenvalue weighted by Gasteiger charge is -2.25. The highest BCUT2D eigenvalue weighted by molar-refractivity contribution is 9.13. The second-order valence-electron chi connectivity index (χ2n) is 6.70. The molecule has 156 valence electrons. The molecule has 0 amide bonds. The zero-order valence-corrected chi connectivity index (χ0v) is 24.7. The van der Waals surface area contributed by atoms with E-state index in [1.807, 2.05) is 0 Å². The highest BCUT2D eigenvalue weighted by atomic mass is 79.9. The quantitative estimate of drug-likeness (QED) is 0.127. The summed E-state index contributed by atoms with van der Waals surface area (Å²) in [6.07, 6.45) is 10.0. The summed E-state index contributed by atoms with van der Waals surface area (Å²) >= 11 is 22.9. The van der Waals surface area contributed by atoms with Crippen molar-refractivity contribution >= 4 is 102 Å². The molecule has 8 heteroatoms. The number of hydrogen-bond donors (Lipinski definition) is 1. The van der Waals surface area contributed by atoms with E-state index in [9.17, 15) is 4.79 Å². The van der Waals surface area contributed by atoms with Gasteiger partial charge in [-0.05, 0) is 32.1 Å². The first-order valence-corrected chi connectivity index (χ1v) is 14.7. The van der Waals surface area contributed by atoms with Crippen LogP contribution in [0.4, 0.5) is 0 Å². The maximum Gasteiger partial charge on any atom is 0.303 e. The Hall–Kier alpha value is 2.35. The SMILES string of the molecule is CCCCC[C@H](Br)[C@H](Br)C[C@H](Br)[C@H](Br)C[C@H](Br)[C@H](Br)CCCCC(=O)O. The van der Waals surface area contributed by atoms with Crippen LogP contribution in [0.3, 0.4) is 0 Å². The number of aliphatic carboxylic acids is 1. The number of rotatable bonds is 16. The summed E-state index contributed by atoms with van der Waals surface area (Å²) in [6, 6.07) is 0. The van der Waals surface area contributed by atoms with Crippen molar-refractivity contribution in [1.82, 2.24) is 0 Å². The second kappa shape index (κ2) is 17.1. The predicted molar refractivity (Wildman–Crippen MR) is 136 cm³/mol. The fraction of sp³-hybridized carbons (Fsp3) is 0.944. The van der Waals surface area contributed by atoms with Crippen LogP contribution in [0.1, 0.15) is 71.1 Å². The molecule has 0 radical (unpaired) electrons. The molecule has 26 heavy (non-hydrogen) atoms. The van der Waals surface area contributed by atoms with Crippen molar-refractivity contribution in [2.24, 2.45) is 0 Å². The average Bonchev–Trinajstić information content (AvgIpc) is 2.57. The van der Waals surface area contributed by atoms with Crippen LogP contribution in [-0.4, -0.2) is 40.0 Å². The fourth-order valence-electron chi connectivity index (χ4n) is 2.59. The molecular weight excluding hydrogens is 728 g/mol. The Morgan fingerprint density at radius 2 is 1.08 bits per heavy atom. The molecule has 0 aliphatic heterocycles. The Morgan fingerprint density at radius 1 is 0.692 bits per heavy atom. The van der Waals surface area contributed by atoms with Gasteiger partial charge in [-0.25, -0.2) is 0 Å². The van der Waals surface area contributed by atoms with Crippen LogP contribution in [-0.2, 0) is 4.79 Å². The highest BCUT2D eigenvalue weighted by Crippen LogP contribution is 2.33. The molecule has 0 spiro atoms. The van der Waals surface area contributed by atoms with Gasteiger partial charge in [-0.1, -0.05) is 128 Å². The molecule has 0 unspecified atom stereocenters. The molecule has 0 rings (SSSR count). The third kappa shape index (κ3) is 14.4. The lowest BCUT2D eigenvalue weighted by atomic mass is 10.0. The van der Waals surface area contributed by atoms with Crippen LogP contribution in [0, 0.1) is 0 Å². The molecule has 0 aromatic rings. The monoisotopic (exact) mass is 752 g/mol. The Kier molecular flexibility index (Phi) is 18.6. The van der Waals surface area contributed by atoms with E-state index in [0.717, 1.165) is 32.1 Å². The Bertz CT molecular complexity index is 372. The molecule has 2 nitrogen and oxygen atoms in total. The Morgan fingerprint density at radius 3 is 1.46 bits per heavy atom. The molecule has 0 heterocycles. The van der Waals surface area contributed by atoms with E-state index in [1.54, 1.807) is 0 Å². The van der Waals surface area contributed by atoms with Gasteiger partial charge in [0.15, 0.2) is 0 Å². The van der Waals surface area contributed by atoms with Gasteiger partial charge in [-0.2, -0.15) is 0 Å². The number of hydrogen-bond acceptors (Lipinski definition) is 1. The van der Waals surface area contributed by atoms with Crippen molar-refractivity contribution in [3.8, 4) is 0 Å². The van der Waals surface area contributed by atoms with Gasteiger partial charge in [0.2, 0.25) is 0 Å². The highest BCUT2D eigenvalue weighted by Gasteiger charge is 2.27. The van der Waals surface area contributed by atoms with Gasteiger partial charge in [0.05, 0.1) is 0 Å². The molecular formula is C18H30Br6O2. The van der Waals surface area contributed by atoms with Crippen LogP contribution in [0.25, 0.3) is 0 Å². The van der Waals surface area contributed by atoms with E-state index in [0.29, 0.717) is 29.0 Å². The first kappa shape index (κ1) is 28.4. The van der Waals surface area contributed by atoms with Crippen LogP contribution in [0.15, 0.2) is 0 Å². The van der Waals surface area contributed by atoms with Gasteiger partial charge in [0.1, 0.15) is 0 Å². The number of alkyl halides is 6. The topological polar surface area (TPSA) is 37.3 Å². The fourth-order valence-corrected chi connectivity index (χ4v) is 7.24. The normalized spacial score (nSPS) is 18.7. The first-order valence-electron chi connectivity index (χ1n) is 9.25. The maximum absolute atomic E-state index is 10.6. The van der Waals surface area contributed by atoms with Crippen molar-refractivity contribution < 1.29 is 9.90 Å². The molecule has 0 aromatic heterocycles. The van der Waals surface area contributed by atoms with Crippen LogP contribution < -0.4 is 0 Å². The van der Waals surface area contributed by atoms with Gasteiger partial charge >= 0.3 is 5.97 Å². The van der Waals surface area contributed by atoms with Crippen molar-refractivity contribution in [2.45, 2.75) is 100 Å². The van der Waals surface area contributed by atoms with E-state index in [1.165, 1.54) is 25.7 Å². The summed E-state index contributed by atoms with van der Waals surface area (Å²) in [5.74, 6) is -0.710. The first-order chi connectivity index (χ1) is 12.2. The molecule has 0 aliphatic rings.